The summed E-state index contributed by atoms with van der Waals surface area (Å²) in [4.78, 5) is 0. The molecule has 0 aliphatic rings. The van der Waals surface area contributed by atoms with Gasteiger partial charge >= 0.3 is 0 Å². The molecule has 13 heavy (non-hydrogen) atoms. The summed E-state index contributed by atoms with van der Waals surface area (Å²) in [5.74, 6) is 0. The van der Waals surface area contributed by atoms with Gasteiger partial charge in [-0.2, -0.15) is 0 Å². The summed E-state index contributed by atoms with van der Waals surface area (Å²) in [6, 6.07) is 5.64. The van der Waals surface area contributed by atoms with Gasteiger partial charge in [-0.3, -0.25) is 0 Å². The molecular formula is C10H13BrN2. The maximum Gasteiger partial charge on any atom is 0.0363 e. The Kier molecular flexibility index (Phi) is 3.51. The van der Waals surface area contributed by atoms with E-state index in [1.165, 1.54) is 0 Å². The minimum absolute atomic E-state index is 0.0602. The average Bonchev–Trinajstić information content (AvgIpc) is 2.09. The zero-order valence-corrected chi connectivity index (χ0v) is 8.92. The minimum Gasteiger partial charge on any atom is -0.398 e. The zero-order valence-electron chi connectivity index (χ0n) is 7.33. The molecule has 1 unspecified atom stereocenters. The van der Waals surface area contributed by atoms with Crippen LogP contribution in [0.1, 0.15) is 18.0 Å². The molecule has 3 heteroatoms. The number of anilines is 1. The number of nitrogens with two attached hydrogens (primary N) is 2. The molecule has 0 aliphatic carbocycles. The fourth-order valence-corrected chi connectivity index (χ4v) is 1.55. The highest BCUT2D eigenvalue weighted by Crippen LogP contribution is 2.24. The molecular weight excluding hydrogens is 228 g/mol. The van der Waals surface area contributed by atoms with Gasteiger partial charge in [0.2, 0.25) is 0 Å². The Bertz CT molecular complexity index is 310. The normalized spacial score (nSPS) is 12.5. The SMILES string of the molecule is C=CCC(N)c1cc(Br)ccc1N. The lowest BCUT2D eigenvalue weighted by atomic mass is 10.0. The van der Waals surface area contributed by atoms with Gasteiger partial charge in [0.1, 0.15) is 0 Å². The third-order valence-electron chi connectivity index (χ3n) is 1.87. The number of nitrogen functional groups attached to an aromatic ring is 1. The topological polar surface area (TPSA) is 52.0 Å². The average molecular weight is 241 g/mol. The van der Waals surface area contributed by atoms with Crippen molar-refractivity contribution in [1.82, 2.24) is 0 Å². The van der Waals surface area contributed by atoms with Crippen molar-refractivity contribution in [1.29, 1.82) is 0 Å². The summed E-state index contributed by atoms with van der Waals surface area (Å²) in [6.45, 7) is 3.65. The lowest BCUT2D eigenvalue weighted by molar-refractivity contribution is 0.744. The van der Waals surface area contributed by atoms with E-state index in [0.717, 1.165) is 22.1 Å². The van der Waals surface area contributed by atoms with Crippen LogP contribution in [0.2, 0.25) is 0 Å². The van der Waals surface area contributed by atoms with Gasteiger partial charge in [0.05, 0.1) is 0 Å². The monoisotopic (exact) mass is 240 g/mol. The molecule has 0 fully saturated rings. The number of halogens is 1. The molecule has 1 rings (SSSR count). The van der Waals surface area contributed by atoms with E-state index < -0.39 is 0 Å². The Balaban J connectivity index is 2.97. The highest BCUT2D eigenvalue weighted by Gasteiger charge is 2.07. The molecule has 0 amide bonds. The molecule has 1 aromatic carbocycles. The lowest BCUT2D eigenvalue weighted by Gasteiger charge is -2.12. The molecule has 0 aliphatic heterocycles. The standard InChI is InChI=1S/C10H13BrN2/c1-2-3-9(12)8-6-7(11)4-5-10(8)13/h2,4-6,9H,1,3,12-13H2. The molecule has 0 heterocycles. The molecule has 1 aromatic rings. The molecule has 2 nitrogen and oxygen atoms in total. The van der Waals surface area contributed by atoms with E-state index in [4.69, 9.17) is 11.5 Å². The molecule has 0 saturated heterocycles. The second kappa shape index (κ2) is 4.44. The Hall–Kier alpha value is -0.800. The van der Waals surface area contributed by atoms with Crippen molar-refractivity contribution in [2.45, 2.75) is 12.5 Å². The largest absolute Gasteiger partial charge is 0.398 e. The molecule has 1 atom stereocenters. The van der Waals surface area contributed by atoms with Crippen LogP contribution in [-0.2, 0) is 0 Å². The maximum absolute atomic E-state index is 5.90. The summed E-state index contributed by atoms with van der Waals surface area (Å²) >= 11 is 3.38. The number of hydrogen-bond donors (Lipinski definition) is 2. The predicted octanol–water partition coefficient (Wildman–Crippen LogP) is 2.61. The van der Waals surface area contributed by atoms with Crippen molar-refractivity contribution in [2.24, 2.45) is 5.73 Å². The highest BCUT2D eigenvalue weighted by molar-refractivity contribution is 9.10. The summed E-state index contributed by atoms with van der Waals surface area (Å²) in [5.41, 5.74) is 13.4. The molecule has 0 bridgehead atoms. The van der Waals surface area contributed by atoms with Gasteiger partial charge in [0.25, 0.3) is 0 Å². The Morgan fingerprint density at radius 3 is 2.85 bits per heavy atom. The van der Waals surface area contributed by atoms with E-state index in [1.807, 2.05) is 18.2 Å². The fourth-order valence-electron chi connectivity index (χ4n) is 1.17. The first-order valence-electron chi connectivity index (χ1n) is 4.06. The molecule has 0 radical (unpaired) electrons. The molecule has 70 valence electrons. The van der Waals surface area contributed by atoms with Crippen LogP contribution >= 0.6 is 15.9 Å². The van der Waals surface area contributed by atoms with E-state index in [-0.39, 0.29) is 6.04 Å². The van der Waals surface area contributed by atoms with E-state index in [1.54, 1.807) is 6.08 Å². The van der Waals surface area contributed by atoms with Crippen molar-refractivity contribution in [3.63, 3.8) is 0 Å². The van der Waals surface area contributed by atoms with E-state index in [9.17, 15) is 0 Å². The van der Waals surface area contributed by atoms with E-state index >= 15 is 0 Å². The van der Waals surface area contributed by atoms with Crippen molar-refractivity contribution in [3.8, 4) is 0 Å². The van der Waals surface area contributed by atoms with Gasteiger partial charge in [-0.15, -0.1) is 6.58 Å². The van der Waals surface area contributed by atoms with Gasteiger partial charge in [-0.25, -0.2) is 0 Å². The third kappa shape index (κ3) is 2.57. The van der Waals surface area contributed by atoms with E-state index in [2.05, 4.69) is 22.5 Å². The van der Waals surface area contributed by atoms with Crippen LogP contribution in [0.4, 0.5) is 5.69 Å². The smallest absolute Gasteiger partial charge is 0.0363 e. The van der Waals surface area contributed by atoms with Gasteiger partial charge in [-0.1, -0.05) is 22.0 Å². The summed E-state index contributed by atoms with van der Waals surface area (Å²) in [7, 11) is 0. The first kappa shape index (κ1) is 10.3. The highest BCUT2D eigenvalue weighted by atomic mass is 79.9. The van der Waals surface area contributed by atoms with Crippen LogP contribution < -0.4 is 11.5 Å². The predicted molar refractivity (Wildman–Crippen MR) is 60.3 cm³/mol. The molecule has 4 N–H and O–H groups in total. The number of hydrogen-bond acceptors (Lipinski definition) is 2. The van der Waals surface area contributed by atoms with Crippen LogP contribution in [0, 0.1) is 0 Å². The number of rotatable bonds is 3. The molecule has 0 spiro atoms. The molecule has 0 saturated carbocycles. The van der Waals surface area contributed by atoms with Gasteiger partial charge < -0.3 is 11.5 Å². The summed E-state index contributed by atoms with van der Waals surface area (Å²) < 4.78 is 0.996. The van der Waals surface area contributed by atoms with Gasteiger partial charge in [0, 0.05) is 16.2 Å². The minimum atomic E-state index is -0.0602. The van der Waals surface area contributed by atoms with Crippen molar-refractivity contribution in [3.05, 3.63) is 40.9 Å². The second-order valence-corrected chi connectivity index (χ2v) is 3.82. The van der Waals surface area contributed by atoms with E-state index in [0.29, 0.717) is 0 Å². The second-order valence-electron chi connectivity index (χ2n) is 2.90. The van der Waals surface area contributed by atoms with Crippen molar-refractivity contribution >= 4 is 21.6 Å². The summed E-state index contributed by atoms with van der Waals surface area (Å²) in [5, 5.41) is 0. The van der Waals surface area contributed by atoms with Crippen molar-refractivity contribution < 1.29 is 0 Å². The Morgan fingerprint density at radius 1 is 1.54 bits per heavy atom. The first-order valence-corrected chi connectivity index (χ1v) is 4.86. The van der Waals surface area contributed by atoms with Crippen LogP contribution in [0.15, 0.2) is 35.3 Å². The van der Waals surface area contributed by atoms with Crippen LogP contribution in [0.25, 0.3) is 0 Å². The number of benzene rings is 1. The Labute approximate surface area is 86.7 Å². The quantitative estimate of drug-likeness (QED) is 0.631. The van der Waals surface area contributed by atoms with Gasteiger partial charge in [0.15, 0.2) is 0 Å². The fraction of sp³-hybridized carbons (Fsp3) is 0.200. The zero-order chi connectivity index (χ0) is 9.84. The Morgan fingerprint density at radius 2 is 2.23 bits per heavy atom. The third-order valence-corrected chi connectivity index (χ3v) is 2.36. The van der Waals surface area contributed by atoms with Crippen LogP contribution in [0.5, 0.6) is 0 Å². The first-order chi connectivity index (χ1) is 6.15. The molecule has 0 aromatic heterocycles. The van der Waals surface area contributed by atoms with Crippen molar-refractivity contribution in [2.75, 3.05) is 5.73 Å². The van der Waals surface area contributed by atoms with Gasteiger partial charge in [-0.05, 0) is 30.2 Å². The van der Waals surface area contributed by atoms with Crippen LogP contribution in [0.3, 0.4) is 0 Å². The van der Waals surface area contributed by atoms with Crippen LogP contribution in [-0.4, -0.2) is 0 Å². The summed E-state index contributed by atoms with van der Waals surface area (Å²) in [6.07, 6.45) is 2.53. The lowest BCUT2D eigenvalue weighted by Crippen LogP contribution is -2.11. The maximum atomic E-state index is 5.90.